The minimum atomic E-state index is -4.81. The second kappa shape index (κ2) is 11.4. The number of rotatable bonds is 8. The first kappa shape index (κ1) is 24.8. The number of aliphatic hydroxyl groups excluding tert-OH is 1. The summed E-state index contributed by atoms with van der Waals surface area (Å²) >= 11 is 0. The second-order valence-corrected chi connectivity index (χ2v) is 9.25. The van der Waals surface area contributed by atoms with Gasteiger partial charge in [-0.15, -0.1) is 13.2 Å². The largest absolute Gasteiger partial charge is 0.573 e. The summed E-state index contributed by atoms with van der Waals surface area (Å²) in [4.78, 5) is 2.37. The smallest absolute Gasteiger partial charge is 0.485 e. The van der Waals surface area contributed by atoms with Crippen LogP contribution in [0.5, 0.6) is 11.5 Å². The molecular formula is C26H33F3N2O3. The molecule has 2 aromatic rings. The van der Waals surface area contributed by atoms with Crippen LogP contribution in [0, 0.1) is 5.92 Å². The molecule has 186 valence electrons. The summed E-state index contributed by atoms with van der Waals surface area (Å²) in [5, 5.41) is 13.3. The van der Waals surface area contributed by atoms with Gasteiger partial charge in [0.25, 0.3) is 0 Å². The van der Waals surface area contributed by atoms with E-state index in [2.05, 4.69) is 15.0 Å². The molecule has 1 aliphatic carbocycles. The first-order valence-electron chi connectivity index (χ1n) is 12.0. The Morgan fingerprint density at radius 3 is 2.35 bits per heavy atom. The molecule has 2 aliphatic rings. The van der Waals surface area contributed by atoms with Crippen molar-refractivity contribution < 1.29 is 27.8 Å². The fraction of sp³-hybridized carbons (Fsp3) is 0.538. The highest BCUT2D eigenvalue weighted by molar-refractivity contribution is 5.44. The van der Waals surface area contributed by atoms with Gasteiger partial charge >= 0.3 is 6.36 Å². The van der Waals surface area contributed by atoms with Crippen LogP contribution in [0.15, 0.2) is 48.5 Å². The highest BCUT2D eigenvalue weighted by Gasteiger charge is 2.34. The first-order valence-corrected chi connectivity index (χ1v) is 12.0. The number of alkyl halides is 3. The molecule has 0 bridgehead atoms. The fourth-order valence-electron chi connectivity index (χ4n) is 5.02. The molecule has 5 nitrogen and oxygen atoms in total. The monoisotopic (exact) mass is 478 g/mol. The van der Waals surface area contributed by atoms with Crippen LogP contribution in [-0.2, 0) is 6.61 Å². The third-order valence-corrected chi connectivity index (χ3v) is 6.83. The molecule has 0 radical (unpaired) electrons. The summed E-state index contributed by atoms with van der Waals surface area (Å²) in [6, 6.07) is 14.3. The Bertz CT molecular complexity index is 896. The number of hydrogen-bond donors (Lipinski definition) is 2. The number of nitrogens with one attached hydrogen (secondary N) is 1. The summed E-state index contributed by atoms with van der Waals surface area (Å²) in [6.45, 7) is 4.57. The molecule has 1 saturated heterocycles. The van der Waals surface area contributed by atoms with Gasteiger partial charge in [0.1, 0.15) is 6.61 Å². The van der Waals surface area contributed by atoms with Gasteiger partial charge in [-0.1, -0.05) is 36.4 Å². The lowest BCUT2D eigenvalue weighted by Crippen LogP contribution is -2.46. The molecule has 8 heteroatoms. The molecule has 1 saturated carbocycles. The van der Waals surface area contributed by atoms with E-state index in [4.69, 9.17) is 4.74 Å². The normalized spacial score (nSPS) is 22.8. The molecule has 4 rings (SSSR count). The molecule has 2 fully saturated rings. The summed E-state index contributed by atoms with van der Waals surface area (Å²) in [5.41, 5.74) is 1.69. The Hall–Kier alpha value is -2.29. The zero-order valence-corrected chi connectivity index (χ0v) is 19.3. The van der Waals surface area contributed by atoms with Crippen LogP contribution in [0.2, 0.25) is 0 Å². The van der Waals surface area contributed by atoms with Gasteiger partial charge in [-0.05, 0) is 60.8 Å². The molecule has 0 spiro atoms. The Labute approximate surface area is 198 Å². The lowest BCUT2D eigenvalue weighted by molar-refractivity contribution is -0.275. The molecule has 0 aromatic heterocycles. The molecule has 2 N–H and O–H groups in total. The van der Waals surface area contributed by atoms with E-state index in [1.165, 1.54) is 6.07 Å². The highest BCUT2D eigenvalue weighted by Crippen LogP contribution is 2.41. The van der Waals surface area contributed by atoms with E-state index >= 15 is 0 Å². The van der Waals surface area contributed by atoms with Crippen molar-refractivity contribution in [2.24, 2.45) is 5.92 Å². The molecule has 1 aliphatic heterocycles. The predicted molar refractivity (Wildman–Crippen MR) is 124 cm³/mol. The van der Waals surface area contributed by atoms with Crippen molar-refractivity contribution in [1.82, 2.24) is 10.2 Å². The molecule has 0 amide bonds. The molecule has 2 aromatic carbocycles. The number of piperazine rings is 1. The van der Waals surface area contributed by atoms with E-state index in [1.54, 1.807) is 6.07 Å². The summed E-state index contributed by atoms with van der Waals surface area (Å²) in [5.74, 6) is 0.129. The van der Waals surface area contributed by atoms with Gasteiger partial charge in [0, 0.05) is 32.7 Å². The number of ether oxygens (including phenoxy) is 2. The van der Waals surface area contributed by atoms with Gasteiger partial charge < -0.3 is 24.8 Å². The molecule has 1 unspecified atom stereocenters. The van der Waals surface area contributed by atoms with E-state index in [-0.39, 0.29) is 30.1 Å². The molecule has 34 heavy (non-hydrogen) atoms. The maximum atomic E-state index is 13.3. The van der Waals surface area contributed by atoms with Crippen LogP contribution in [0.3, 0.4) is 0 Å². The van der Waals surface area contributed by atoms with Gasteiger partial charge in [0.2, 0.25) is 0 Å². The number of aliphatic hydroxyl groups is 1. The Morgan fingerprint density at radius 1 is 0.971 bits per heavy atom. The number of halogens is 3. The quantitative estimate of drug-likeness (QED) is 0.576. The van der Waals surface area contributed by atoms with Crippen LogP contribution < -0.4 is 14.8 Å². The van der Waals surface area contributed by atoms with Crippen LogP contribution >= 0.6 is 0 Å². The molecular weight excluding hydrogens is 445 g/mol. The average molecular weight is 479 g/mol. The molecule has 1 atom stereocenters. The van der Waals surface area contributed by atoms with Crippen LogP contribution in [0.25, 0.3) is 0 Å². The standard InChI is InChI=1S/C26H33F3N2O3/c27-26(28,29)34-25-16-21(8-11-24(25)33-18-19-4-2-1-3-5-19)23(17-31-14-12-30-13-15-31)20-6-9-22(32)10-7-20/h1-5,8,11,16,20,22-23,30,32H,6-7,9-10,12-15,17-18H2. The van der Waals surface area contributed by atoms with Crippen molar-refractivity contribution in [2.75, 3.05) is 32.7 Å². The summed E-state index contributed by atoms with van der Waals surface area (Å²) in [7, 11) is 0. The van der Waals surface area contributed by atoms with E-state index in [0.717, 1.165) is 69.5 Å². The maximum absolute atomic E-state index is 13.3. The van der Waals surface area contributed by atoms with Crippen molar-refractivity contribution >= 4 is 0 Å². The van der Waals surface area contributed by atoms with Crippen LogP contribution in [0.4, 0.5) is 13.2 Å². The minimum absolute atomic E-state index is 0.0596. The number of hydrogen-bond acceptors (Lipinski definition) is 5. The Kier molecular flexibility index (Phi) is 8.34. The van der Waals surface area contributed by atoms with Gasteiger partial charge in [0.05, 0.1) is 6.10 Å². The van der Waals surface area contributed by atoms with Gasteiger partial charge in [-0.2, -0.15) is 0 Å². The third kappa shape index (κ3) is 7.10. The van der Waals surface area contributed by atoms with E-state index in [1.807, 2.05) is 36.4 Å². The fourth-order valence-corrected chi connectivity index (χ4v) is 5.02. The Balaban J connectivity index is 1.59. The minimum Gasteiger partial charge on any atom is -0.485 e. The zero-order chi connectivity index (χ0) is 24.0. The molecule has 1 heterocycles. The number of nitrogens with zero attached hydrogens (tertiary/aromatic N) is 1. The first-order chi connectivity index (χ1) is 16.4. The lowest BCUT2D eigenvalue weighted by atomic mass is 9.75. The average Bonchev–Trinajstić information content (AvgIpc) is 2.83. The van der Waals surface area contributed by atoms with E-state index < -0.39 is 6.36 Å². The number of benzene rings is 2. The van der Waals surface area contributed by atoms with Crippen molar-refractivity contribution in [3.05, 3.63) is 59.7 Å². The maximum Gasteiger partial charge on any atom is 0.573 e. The van der Waals surface area contributed by atoms with E-state index in [0.29, 0.717) is 5.92 Å². The van der Waals surface area contributed by atoms with Crippen LogP contribution in [0.1, 0.15) is 42.7 Å². The van der Waals surface area contributed by atoms with Crippen LogP contribution in [-0.4, -0.2) is 55.2 Å². The lowest BCUT2D eigenvalue weighted by Gasteiger charge is -2.37. The third-order valence-electron chi connectivity index (χ3n) is 6.83. The Morgan fingerprint density at radius 2 is 1.68 bits per heavy atom. The second-order valence-electron chi connectivity index (χ2n) is 9.25. The van der Waals surface area contributed by atoms with Gasteiger partial charge in [0.15, 0.2) is 11.5 Å². The van der Waals surface area contributed by atoms with E-state index in [9.17, 15) is 18.3 Å². The van der Waals surface area contributed by atoms with Crippen molar-refractivity contribution in [3.63, 3.8) is 0 Å². The van der Waals surface area contributed by atoms with Crippen molar-refractivity contribution in [2.45, 2.75) is 50.7 Å². The van der Waals surface area contributed by atoms with Crippen molar-refractivity contribution in [1.29, 1.82) is 0 Å². The van der Waals surface area contributed by atoms with Gasteiger partial charge in [-0.3, -0.25) is 0 Å². The predicted octanol–water partition coefficient (Wildman–Crippen LogP) is 4.70. The van der Waals surface area contributed by atoms with Gasteiger partial charge in [-0.25, -0.2) is 0 Å². The summed E-state index contributed by atoms with van der Waals surface area (Å²) < 4.78 is 50.0. The zero-order valence-electron chi connectivity index (χ0n) is 19.3. The summed E-state index contributed by atoms with van der Waals surface area (Å²) in [6.07, 6.45) is -1.92. The SMILES string of the molecule is OC1CCC(C(CN2CCNCC2)c2ccc(OCc3ccccc3)c(OC(F)(F)F)c2)CC1. The highest BCUT2D eigenvalue weighted by atomic mass is 19.4. The topological polar surface area (TPSA) is 54.0 Å². The van der Waals surface area contributed by atoms with Crippen molar-refractivity contribution in [3.8, 4) is 11.5 Å².